The van der Waals surface area contributed by atoms with Gasteiger partial charge in [0.15, 0.2) is 11.5 Å². The van der Waals surface area contributed by atoms with Gasteiger partial charge in [-0.25, -0.2) is 19.3 Å². The minimum absolute atomic E-state index is 0.176. The van der Waals surface area contributed by atoms with E-state index in [4.69, 9.17) is 21.4 Å². The lowest BCUT2D eigenvalue weighted by Crippen LogP contribution is -2.49. The molecule has 0 unspecified atom stereocenters. The molecule has 0 bridgehead atoms. The molecule has 0 radical (unpaired) electrons. The first-order chi connectivity index (χ1) is 17.5. The summed E-state index contributed by atoms with van der Waals surface area (Å²) in [7, 11) is 1.57. The number of nitrogens with zero attached hydrogens (tertiary/aromatic N) is 6. The van der Waals surface area contributed by atoms with Crippen molar-refractivity contribution in [2.75, 3.05) is 50.1 Å². The molecule has 12 heteroatoms. The zero-order chi connectivity index (χ0) is 25.2. The first-order valence-corrected chi connectivity index (χ1v) is 11.6. The molecule has 4 heterocycles. The number of imidazole rings is 1. The summed E-state index contributed by atoms with van der Waals surface area (Å²) in [4.78, 5) is 28.5. The summed E-state index contributed by atoms with van der Waals surface area (Å²) in [6.07, 6.45) is 4.67. The van der Waals surface area contributed by atoms with Gasteiger partial charge in [0.25, 0.3) is 0 Å². The number of pyridine rings is 1. The molecule has 3 aromatic heterocycles. The van der Waals surface area contributed by atoms with Crippen LogP contribution < -0.4 is 15.0 Å². The van der Waals surface area contributed by atoms with Gasteiger partial charge in [0, 0.05) is 44.1 Å². The van der Waals surface area contributed by atoms with E-state index in [2.05, 4.69) is 25.2 Å². The molecule has 1 aromatic carbocycles. The summed E-state index contributed by atoms with van der Waals surface area (Å²) in [5.74, 6) is 0.156. The summed E-state index contributed by atoms with van der Waals surface area (Å²) in [6, 6.07) is 8.62. The number of carbonyl (C=O) groups is 1. The van der Waals surface area contributed by atoms with Gasteiger partial charge < -0.3 is 25.0 Å². The number of benzene rings is 1. The standard InChI is InChI=1S/C24H23ClFN7O3/c1-36-20-11-15(31-7-9-32(10-8-31)21(35)14-34)4-5-18(20)29-24-28-12-16(25)22(30-24)19-13-27-23-17(26)3-2-6-33(19)23/h2-6,11-13,34H,7-10,14H2,1H3,(H,28,29,30). The number of aliphatic hydroxyl groups is 1. The number of hydrogen-bond acceptors (Lipinski definition) is 8. The van der Waals surface area contributed by atoms with Gasteiger partial charge in [-0.05, 0) is 24.3 Å². The lowest BCUT2D eigenvalue weighted by molar-refractivity contribution is -0.134. The second-order valence-electron chi connectivity index (χ2n) is 8.12. The summed E-state index contributed by atoms with van der Waals surface area (Å²) >= 11 is 6.38. The third kappa shape index (κ3) is 4.50. The Balaban J connectivity index is 1.38. The highest BCUT2D eigenvalue weighted by molar-refractivity contribution is 6.32. The SMILES string of the molecule is COc1cc(N2CCN(C(=O)CO)CC2)ccc1Nc1ncc(Cl)c(-c2cnc3c(F)cccn23)n1. The van der Waals surface area contributed by atoms with Crippen molar-refractivity contribution in [3.63, 3.8) is 0 Å². The van der Waals surface area contributed by atoms with Crippen molar-refractivity contribution >= 4 is 40.5 Å². The quantitative estimate of drug-likeness (QED) is 0.407. The molecular formula is C24H23ClFN7O3. The molecule has 1 aliphatic heterocycles. The lowest BCUT2D eigenvalue weighted by Gasteiger charge is -2.36. The molecule has 5 rings (SSSR count). The Bertz CT molecular complexity index is 1420. The Kier molecular flexibility index (Phi) is 6.57. The number of rotatable bonds is 6. The Labute approximate surface area is 210 Å². The van der Waals surface area contributed by atoms with Gasteiger partial charge in [-0.3, -0.25) is 9.20 Å². The van der Waals surface area contributed by atoms with Gasteiger partial charge in [-0.1, -0.05) is 11.6 Å². The smallest absolute Gasteiger partial charge is 0.248 e. The first kappa shape index (κ1) is 23.8. The van der Waals surface area contributed by atoms with Crippen molar-refractivity contribution in [1.29, 1.82) is 0 Å². The Morgan fingerprint density at radius 3 is 2.75 bits per heavy atom. The highest BCUT2D eigenvalue weighted by Gasteiger charge is 2.22. The number of anilines is 3. The first-order valence-electron chi connectivity index (χ1n) is 11.2. The Morgan fingerprint density at radius 2 is 2.00 bits per heavy atom. The van der Waals surface area contributed by atoms with Crippen LogP contribution in [0.15, 0.2) is 48.9 Å². The van der Waals surface area contributed by atoms with Crippen molar-refractivity contribution in [2.24, 2.45) is 0 Å². The molecule has 186 valence electrons. The summed E-state index contributed by atoms with van der Waals surface area (Å²) < 4.78 is 21.3. The maximum atomic E-state index is 14.1. The summed E-state index contributed by atoms with van der Waals surface area (Å²) in [5.41, 5.74) is 2.70. The molecule has 0 aliphatic carbocycles. The van der Waals surface area contributed by atoms with Crippen LogP contribution in [0.25, 0.3) is 17.0 Å². The molecule has 1 aliphatic rings. The number of halogens is 2. The maximum Gasteiger partial charge on any atom is 0.248 e. The van der Waals surface area contributed by atoms with Crippen molar-refractivity contribution in [1.82, 2.24) is 24.3 Å². The predicted molar refractivity (Wildman–Crippen MR) is 133 cm³/mol. The van der Waals surface area contributed by atoms with E-state index in [1.165, 1.54) is 18.5 Å². The monoisotopic (exact) mass is 511 g/mol. The van der Waals surface area contributed by atoms with Gasteiger partial charge >= 0.3 is 0 Å². The van der Waals surface area contributed by atoms with E-state index in [1.807, 2.05) is 18.2 Å². The Hall–Kier alpha value is -3.96. The molecule has 2 N–H and O–H groups in total. The van der Waals surface area contributed by atoms with E-state index in [9.17, 15) is 9.18 Å². The second kappa shape index (κ2) is 9.96. The van der Waals surface area contributed by atoms with E-state index < -0.39 is 12.4 Å². The number of aromatic nitrogens is 4. The van der Waals surface area contributed by atoms with Crippen LogP contribution in [0.2, 0.25) is 5.02 Å². The highest BCUT2D eigenvalue weighted by Crippen LogP contribution is 2.33. The fourth-order valence-corrected chi connectivity index (χ4v) is 4.36. The third-order valence-electron chi connectivity index (χ3n) is 6.04. The van der Waals surface area contributed by atoms with E-state index in [1.54, 1.807) is 28.7 Å². The fourth-order valence-electron chi connectivity index (χ4n) is 4.17. The van der Waals surface area contributed by atoms with Crippen molar-refractivity contribution in [2.45, 2.75) is 0 Å². The van der Waals surface area contributed by atoms with Gasteiger partial charge in [-0.15, -0.1) is 0 Å². The normalized spacial score (nSPS) is 13.8. The van der Waals surface area contributed by atoms with Crippen LogP contribution in [0.1, 0.15) is 0 Å². The second-order valence-corrected chi connectivity index (χ2v) is 8.53. The van der Waals surface area contributed by atoms with Gasteiger partial charge in [0.2, 0.25) is 11.9 Å². The maximum absolute atomic E-state index is 14.1. The number of nitrogens with one attached hydrogen (secondary N) is 1. The van der Waals surface area contributed by atoms with Gasteiger partial charge in [0.05, 0.1) is 35.9 Å². The molecule has 4 aromatic rings. The van der Waals surface area contributed by atoms with Gasteiger partial charge in [-0.2, -0.15) is 0 Å². The largest absolute Gasteiger partial charge is 0.494 e. The molecule has 0 atom stereocenters. The Morgan fingerprint density at radius 1 is 1.19 bits per heavy atom. The number of amides is 1. The number of ether oxygens (including phenoxy) is 1. The molecule has 0 spiro atoms. The fraction of sp³-hybridized carbons (Fsp3) is 0.250. The molecule has 0 saturated carbocycles. The summed E-state index contributed by atoms with van der Waals surface area (Å²) in [6.45, 7) is 1.89. The topological polar surface area (TPSA) is 108 Å². The van der Waals surface area contributed by atoms with E-state index in [0.29, 0.717) is 54.0 Å². The number of aliphatic hydroxyl groups excluding tert-OH is 1. The molecule has 1 amide bonds. The number of hydrogen-bond donors (Lipinski definition) is 2. The molecular weight excluding hydrogens is 489 g/mol. The number of carbonyl (C=O) groups excluding carboxylic acids is 1. The summed E-state index contributed by atoms with van der Waals surface area (Å²) in [5, 5.41) is 12.5. The van der Waals surface area contributed by atoms with E-state index >= 15 is 0 Å². The van der Waals surface area contributed by atoms with Crippen molar-refractivity contribution < 1.29 is 19.0 Å². The van der Waals surface area contributed by atoms with Crippen LogP contribution in [0.4, 0.5) is 21.7 Å². The minimum atomic E-state index is -0.475. The average Bonchev–Trinajstić information content (AvgIpc) is 3.35. The number of piperazine rings is 1. The van der Waals surface area contributed by atoms with Crippen LogP contribution in [-0.4, -0.2) is 75.2 Å². The molecule has 10 nitrogen and oxygen atoms in total. The van der Waals surface area contributed by atoms with Crippen LogP contribution >= 0.6 is 11.6 Å². The predicted octanol–water partition coefficient (Wildman–Crippen LogP) is 2.98. The molecule has 1 fully saturated rings. The number of methoxy groups -OCH3 is 1. The van der Waals surface area contributed by atoms with Crippen LogP contribution in [0.3, 0.4) is 0 Å². The van der Waals surface area contributed by atoms with Gasteiger partial charge in [0.1, 0.15) is 18.1 Å². The highest BCUT2D eigenvalue weighted by atomic mass is 35.5. The lowest BCUT2D eigenvalue weighted by atomic mass is 10.2. The van der Waals surface area contributed by atoms with Crippen molar-refractivity contribution in [3.05, 3.63) is 59.8 Å². The zero-order valence-corrected chi connectivity index (χ0v) is 20.1. The van der Waals surface area contributed by atoms with E-state index in [0.717, 1.165) is 5.69 Å². The van der Waals surface area contributed by atoms with Crippen LogP contribution in [0, 0.1) is 5.82 Å². The van der Waals surface area contributed by atoms with Crippen LogP contribution in [-0.2, 0) is 4.79 Å². The minimum Gasteiger partial charge on any atom is -0.494 e. The van der Waals surface area contributed by atoms with E-state index in [-0.39, 0.29) is 17.5 Å². The zero-order valence-electron chi connectivity index (χ0n) is 19.4. The number of fused-ring (bicyclic) bond motifs is 1. The molecule has 1 saturated heterocycles. The molecule has 36 heavy (non-hydrogen) atoms. The van der Waals surface area contributed by atoms with Crippen molar-refractivity contribution in [3.8, 4) is 17.1 Å². The van der Waals surface area contributed by atoms with Crippen LogP contribution in [0.5, 0.6) is 5.75 Å². The third-order valence-corrected chi connectivity index (χ3v) is 6.32. The average molecular weight is 512 g/mol.